The Morgan fingerprint density at radius 1 is 1.58 bits per heavy atom. The van der Waals surface area contributed by atoms with E-state index < -0.39 is 5.97 Å². The number of nitrogens with two attached hydrogens (primary N) is 1. The zero-order valence-corrected chi connectivity index (χ0v) is 11.4. The van der Waals surface area contributed by atoms with E-state index in [0.717, 1.165) is 5.69 Å². The van der Waals surface area contributed by atoms with Gasteiger partial charge >= 0.3 is 5.97 Å². The predicted octanol–water partition coefficient (Wildman–Crippen LogP) is 1.06. The van der Waals surface area contributed by atoms with Crippen LogP contribution >= 0.6 is 0 Å². The van der Waals surface area contributed by atoms with Gasteiger partial charge in [0.15, 0.2) is 0 Å². The SMILES string of the molecule is COC(=O)c1cc(N)ncc1N1CC(C)OCC1C. The lowest BCUT2D eigenvalue weighted by Crippen LogP contribution is -2.48. The minimum absolute atomic E-state index is 0.110. The van der Waals surface area contributed by atoms with Crippen molar-refractivity contribution in [3.8, 4) is 0 Å². The molecule has 1 fully saturated rings. The van der Waals surface area contributed by atoms with Crippen molar-refractivity contribution < 1.29 is 14.3 Å². The summed E-state index contributed by atoms with van der Waals surface area (Å²) in [6.07, 6.45) is 1.73. The van der Waals surface area contributed by atoms with Crippen molar-refractivity contribution in [2.24, 2.45) is 0 Å². The largest absolute Gasteiger partial charge is 0.465 e. The maximum Gasteiger partial charge on any atom is 0.340 e. The highest BCUT2D eigenvalue weighted by molar-refractivity contribution is 5.96. The van der Waals surface area contributed by atoms with Crippen LogP contribution < -0.4 is 10.6 Å². The van der Waals surface area contributed by atoms with Crippen LogP contribution in [0.4, 0.5) is 11.5 Å². The number of nitrogen functional groups attached to an aromatic ring is 1. The highest BCUT2D eigenvalue weighted by Crippen LogP contribution is 2.26. The molecule has 0 spiro atoms. The minimum Gasteiger partial charge on any atom is -0.465 e. The maximum atomic E-state index is 11.9. The van der Waals surface area contributed by atoms with Crippen molar-refractivity contribution in [2.75, 3.05) is 30.9 Å². The van der Waals surface area contributed by atoms with E-state index in [1.165, 1.54) is 7.11 Å². The molecule has 2 rings (SSSR count). The Balaban J connectivity index is 2.40. The molecule has 0 saturated carbocycles. The number of anilines is 2. The monoisotopic (exact) mass is 265 g/mol. The van der Waals surface area contributed by atoms with Gasteiger partial charge in [-0.3, -0.25) is 0 Å². The fraction of sp³-hybridized carbons (Fsp3) is 0.538. The molecular weight excluding hydrogens is 246 g/mol. The number of ether oxygens (including phenoxy) is 2. The molecule has 1 aromatic rings. The lowest BCUT2D eigenvalue weighted by atomic mass is 10.1. The molecule has 2 unspecified atom stereocenters. The van der Waals surface area contributed by atoms with E-state index in [2.05, 4.69) is 9.88 Å². The number of morpholine rings is 1. The Morgan fingerprint density at radius 3 is 3.00 bits per heavy atom. The molecule has 6 nitrogen and oxygen atoms in total. The molecular formula is C13H19N3O3. The zero-order chi connectivity index (χ0) is 14.0. The first-order chi connectivity index (χ1) is 9.02. The highest BCUT2D eigenvalue weighted by atomic mass is 16.5. The number of carbonyl (C=O) groups is 1. The van der Waals surface area contributed by atoms with E-state index in [-0.39, 0.29) is 12.1 Å². The average molecular weight is 265 g/mol. The van der Waals surface area contributed by atoms with Crippen molar-refractivity contribution in [2.45, 2.75) is 26.0 Å². The highest BCUT2D eigenvalue weighted by Gasteiger charge is 2.27. The molecule has 1 aliphatic heterocycles. The summed E-state index contributed by atoms with van der Waals surface area (Å²) >= 11 is 0. The number of rotatable bonds is 2. The maximum absolute atomic E-state index is 11.9. The predicted molar refractivity (Wildman–Crippen MR) is 72.2 cm³/mol. The number of methoxy groups -OCH3 is 1. The Labute approximate surface area is 112 Å². The van der Waals surface area contributed by atoms with E-state index in [0.29, 0.717) is 24.5 Å². The van der Waals surface area contributed by atoms with Gasteiger partial charge in [-0.2, -0.15) is 0 Å². The first-order valence-corrected chi connectivity index (χ1v) is 6.25. The third kappa shape index (κ3) is 2.78. The normalized spacial score (nSPS) is 23.2. The van der Waals surface area contributed by atoms with Crippen LogP contribution in [0.3, 0.4) is 0 Å². The van der Waals surface area contributed by atoms with Crippen LogP contribution in [-0.4, -0.2) is 43.4 Å². The fourth-order valence-electron chi connectivity index (χ4n) is 2.21. The summed E-state index contributed by atoms with van der Waals surface area (Å²) in [6, 6.07) is 1.72. The molecule has 19 heavy (non-hydrogen) atoms. The van der Waals surface area contributed by atoms with Crippen molar-refractivity contribution in [1.29, 1.82) is 0 Å². The van der Waals surface area contributed by atoms with Gasteiger partial charge in [0.2, 0.25) is 0 Å². The fourth-order valence-corrected chi connectivity index (χ4v) is 2.21. The quantitative estimate of drug-likeness (QED) is 0.806. The molecule has 1 saturated heterocycles. The number of pyridine rings is 1. The summed E-state index contributed by atoms with van der Waals surface area (Å²) in [6.45, 7) is 5.37. The summed E-state index contributed by atoms with van der Waals surface area (Å²) in [5.41, 5.74) is 6.83. The molecule has 2 heterocycles. The first kappa shape index (κ1) is 13.6. The number of hydrogen-bond acceptors (Lipinski definition) is 6. The van der Waals surface area contributed by atoms with Crippen molar-refractivity contribution in [3.63, 3.8) is 0 Å². The van der Waals surface area contributed by atoms with Gasteiger partial charge in [0.1, 0.15) is 5.82 Å². The van der Waals surface area contributed by atoms with Gasteiger partial charge in [0.25, 0.3) is 0 Å². The van der Waals surface area contributed by atoms with Crippen LogP contribution in [-0.2, 0) is 9.47 Å². The van der Waals surface area contributed by atoms with Crippen LogP contribution in [0, 0.1) is 0 Å². The lowest BCUT2D eigenvalue weighted by molar-refractivity contribution is 0.0340. The van der Waals surface area contributed by atoms with E-state index in [4.69, 9.17) is 15.2 Å². The number of hydrogen-bond donors (Lipinski definition) is 1. The standard InChI is InChI=1S/C13H19N3O3/c1-8-7-19-9(2)6-16(8)11-5-15-12(14)4-10(11)13(17)18-3/h4-5,8-9H,6-7H2,1-3H3,(H2,14,15). The van der Waals surface area contributed by atoms with Crippen molar-refractivity contribution in [1.82, 2.24) is 4.98 Å². The molecule has 1 aliphatic rings. The number of aromatic nitrogens is 1. The summed E-state index contributed by atoms with van der Waals surface area (Å²) in [5, 5.41) is 0. The Hall–Kier alpha value is -1.82. The van der Waals surface area contributed by atoms with Crippen LogP contribution in [0.2, 0.25) is 0 Å². The van der Waals surface area contributed by atoms with Crippen molar-refractivity contribution >= 4 is 17.5 Å². The number of nitrogens with zero attached hydrogens (tertiary/aromatic N) is 2. The Morgan fingerprint density at radius 2 is 2.32 bits per heavy atom. The van der Waals surface area contributed by atoms with Gasteiger partial charge in [0.05, 0.1) is 37.3 Å². The molecule has 0 radical (unpaired) electrons. The number of carbonyl (C=O) groups excluding carboxylic acids is 1. The molecule has 0 amide bonds. The average Bonchev–Trinajstić information content (AvgIpc) is 2.41. The third-order valence-electron chi connectivity index (χ3n) is 3.23. The third-order valence-corrected chi connectivity index (χ3v) is 3.23. The molecule has 104 valence electrons. The first-order valence-electron chi connectivity index (χ1n) is 6.25. The molecule has 0 aliphatic carbocycles. The van der Waals surface area contributed by atoms with Crippen LogP contribution in [0.15, 0.2) is 12.3 Å². The zero-order valence-electron chi connectivity index (χ0n) is 11.4. The second-order valence-electron chi connectivity index (χ2n) is 4.76. The van der Waals surface area contributed by atoms with E-state index in [9.17, 15) is 4.79 Å². The second kappa shape index (κ2) is 5.44. The van der Waals surface area contributed by atoms with Gasteiger partial charge in [-0.15, -0.1) is 0 Å². The van der Waals surface area contributed by atoms with E-state index >= 15 is 0 Å². The van der Waals surface area contributed by atoms with Crippen molar-refractivity contribution in [3.05, 3.63) is 17.8 Å². The second-order valence-corrected chi connectivity index (χ2v) is 4.76. The van der Waals surface area contributed by atoms with E-state index in [1.54, 1.807) is 12.3 Å². The van der Waals surface area contributed by atoms with Crippen LogP contribution in [0.5, 0.6) is 0 Å². The topological polar surface area (TPSA) is 77.7 Å². The van der Waals surface area contributed by atoms with Crippen LogP contribution in [0.25, 0.3) is 0 Å². The minimum atomic E-state index is -0.407. The molecule has 2 N–H and O–H groups in total. The number of esters is 1. The summed E-state index contributed by atoms with van der Waals surface area (Å²) < 4.78 is 10.4. The summed E-state index contributed by atoms with van der Waals surface area (Å²) in [4.78, 5) is 18.0. The molecule has 0 bridgehead atoms. The van der Waals surface area contributed by atoms with Crippen LogP contribution in [0.1, 0.15) is 24.2 Å². The van der Waals surface area contributed by atoms with Gasteiger partial charge in [-0.25, -0.2) is 9.78 Å². The molecule has 6 heteroatoms. The smallest absolute Gasteiger partial charge is 0.340 e. The Bertz CT molecular complexity index is 478. The molecule has 0 aromatic carbocycles. The van der Waals surface area contributed by atoms with Gasteiger partial charge in [0, 0.05) is 12.6 Å². The molecule has 1 aromatic heterocycles. The Kier molecular flexibility index (Phi) is 3.90. The van der Waals surface area contributed by atoms with E-state index in [1.807, 2.05) is 13.8 Å². The van der Waals surface area contributed by atoms with Gasteiger partial charge < -0.3 is 20.1 Å². The summed E-state index contributed by atoms with van der Waals surface area (Å²) in [7, 11) is 1.36. The lowest BCUT2D eigenvalue weighted by Gasteiger charge is -2.38. The van der Waals surface area contributed by atoms with Gasteiger partial charge in [-0.1, -0.05) is 0 Å². The summed E-state index contributed by atoms with van der Waals surface area (Å²) in [5.74, 6) is -0.103. The molecule has 2 atom stereocenters. The van der Waals surface area contributed by atoms with Gasteiger partial charge in [-0.05, 0) is 19.9 Å².